The number of benzene rings is 1. The number of nitrogens with one attached hydrogen (secondary N) is 4. The summed E-state index contributed by atoms with van der Waals surface area (Å²) in [7, 11) is 0. The van der Waals surface area contributed by atoms with E-state index in [1.165, 1.54) is 6.92 Å². The molecule has 1 aromatic carbocycles. The summed E-state index contributed by atoms with van der Waals surface area (Å²) in [6.45, 7) is 4.42. The lowest BCUT2D eigenvalue weighted by molar-refractivity contribution is -0.131. The van der Waals surface area contributed by atoms with Gasteiger partial charge >= 0.3 is 0 Å². The average Bonchev–Trinajstić information content (AvgIpc) is 3.16. The summed E-state index contributed by atoms with van der Waals surface area (Å²) in [5.41, 5.74) is 1.87. The maximum Gasteiger partial charge on any atom is 0.242 e. The first-order valence-electron chi connectivity index (χ1n) is 11.0. The Morgan fingerprint density at radius 2 is 1.81 bits per heavy atom. The largest absolute Gasteiger partial charge is 0.361 e. The number of para-hydroxylation sites is 1. The molecule has 2 atom stereocenters. The standard InChI is InChI=1S/C23H31N5O4/c1-15-22(31)27-20(13-17-14-25-19-8-4-3-7-18(17)19)23(32)24-10-6-12-28(16(2)29)11-5-9-21(30)26-15/h3-4,7-8,14-15,20,25H,5-6,9-13H2,1-2H3,(H,24,32)(H,26,30)(H,27,31)/t15-,20+/m0/s1. The fraction of sp³-hybridized carbons (Fsp3) is 0.478. The van der Waals surface area contributed by atoms with Gasteiger partial charge in [0.15, 0.2) is 0 Å². The number of nitrogens with zero attached hydrogens (tertiary/aromatic N) is 1. The summed E-state index contributed by atoms with van der Waals surface area (Å²) in [6, 6.07) is 6.19. The molecule has 0 bridgehead atoms. The second kappa shape index (κ2) is 10.8. The minimum Gasteiger partial charge on any atom is -0.361 e. The minimum atomic E-state index is -0.796. The molecule has 1 aliphatic rings. The van der Waals surface area contributed by atoms with E-state index in [1.807, 2.05) is 30.5 Å². The van der Waals surface area contributed by atoms with Crippen LogP contribution in [0, 0.1) is 0 Å². The molecule has 1 fully saturated rings. The smallest absolute Gasteiger partial charge is 0.242 e. The van der Waals surface area contributed by atoms with Crippen molar-refractivity contribution in [1.29, 1.82) is 0 Å². The summed E-state index contributed by atoms with van der Waals surface area (Å²) in [6.07, 6.45) is 3.46. The highest BCUT2D eigenvalue weighted by Gasteiger charge is 2.26. The molecule has 1 aliphatic heterocycles. The Kier molecular flexibility index (Phi) is 7.86. The van der Waals surface area contributed by atoms with Crippen LogP contribution in [-0.4, -0.2) is 65.2 Å². The van der Waals surface area contributed by atoms with Crippen molar-refractivity contribution in [3.8, 4) is 0 Å². The van der Waals surface area contributed by atoms with Gasteiger partial charge in [0.2, 0.25) is 23.6 Å². The van der Waals surface area contributed by atoms with Gasteiger partial charge in [-0.25, -0.2) is 0 Å². The highest BCUT2D eigenvalue weighted by Crippen LogP contribution is 2.19. The number of hydrogen-bond donors (Lipinski definition) is 4. The van der Waals surface area contributed by atoms with Crippen LogP contribution in [0.4, 0.5) is 0 Å². The van der Waals surface area contributed by atoms with Crippen LogP contribution in [0.2, 0.25) is 0 Å². The molecule has 4 N–H and O–H groups in total. The van der Waals surface area contributed by atoms with Crippen LogP contribution >= 0.6 is 0 Å². The predicted molar refractivity (Wildman–Crippen MR) is 121 cm³/mol. The maximum atomic E-state index is 12.9. The summed E-state index contributed by atoms with van der Waals surface area (Å²) in [5, 5.41) is 9.33. The lowest BCUT2D eigenvalue weighted by atomic mass is 10.0. The normalized spacial score (nSPS) is 21.8. The Morgan fingerprint density at radius 1 is 1.06 bits per heavy atom. The minimum absolute atomic E-state index is 0.0662. The zero-order valence-corrected chi connectivity index (χ0v) is 18.6. The number of carbonyl (C=O) groups excluding carboxylic acids is 4. The van der Waals surface area contributed by atoms with Crippen LogP contribution < -0.4 is 16.0 Å². The number of aromatic amines is 1. The van der Waals surface area contributed by atoms with Crippen LogP contribution in [-0.2, 0) is 25.6 Å². The van der Waals surface area contributed by atoms with Gasteiger partial charge in [-0.3, -0.25) is 19.2 Å². The van der Waals surface area contributed by atoms with Crippen LogP contribution in [0.25, 0.3) is 10.9 Å². The van der Waals surface area contributed by atoms with Crippen molar-refractivity contribution in [1.82, 2.24) is 25.8 Å². The fourth-order valence-corrected chi connectivity index (χ4v) is 3.87. The number of amides is 4. The summed E-state index contributed by atoms with van der Waals surface area (Å²) in [4.78, 5) is 54.6. The molecule has 3 rings (SSSR count). The first-order chi connectivity index (χ1) is 15.3. The number of hydrogen-bond acceptors (Lipinski definition) is 4. The average molecular weight is 442 g/mol. The maximum absolute atomic E-state index is 12.9. The van der Waals surface area contributed by atoms with Gasteiger partial charge in [0.25, 0.3) is 0 Å². The molecule has 0 radical (unpaired) electrons. The third-order valence-electron chi connectivity index (χ3n) is 5.68. The first kappa shape index (κ1) is 23.3. The molecule has 2 aromatic rings. The first-order valence-corrected chi connectivity index (χ1v) is 11.0. The van der Waals surface area contributed by atoms with Crippen molar-refractivity contribution >= 4 is 34.5 Å². The molecular formula is C23H31N5O4. The Morgan fingerprint density at radius 3 is 2.59 bits per heavy atom. The van der Waals surface area contributed by atoms with E-state index in [4.69, 9.17) is 0 Å². The molecule has 1 saturated heterocycles. The molecule has 9 nitrogen and oxygen atoms in total. The van der Waals surface area contributed by atoms with Gasteiger partial charge in [-0.05, 0) is 31.4 Å². The Balaban J connectivity index is 1.77. The topological polar surface area (TPSA) is 123 Å². The van der Waals surface area contributed by atoms with E-state index in [9.17, 15) is 19.2 Å². The Hall–Kier alpha value is -3.36. The molecule has 2 heterocycles. The molecule has 0 aliphatic carbocycles. The summed E-state index contributed by atoms with van der Waals surface area (Å²) < 4.78 is 0. The van der Waals surface area contributed by atoms with Crippen LogP contribution in [0.15, 0.2) is 30.5 Å². The molecule has 0 unspecified atom stereocenters. The molecule has 1 aromatic heterocycles. The van der Waals surface area contributed by atoms with E-state index in [0.717, 1.165) is 16.5 Å². The van der Waals surface area contributed by atoms with E-state index in [-0.39, 0.29) is 24.1 Å². The highest BCUT2D eigenvalue weighted by molar-refractivity contribution is 5.92. The quantitative estimate of drug-likeness (QED) is 0.552. The molecular weight excluding hydrogens is 410 g/mol. The summed E-state index contributed by atoms with van der Waals surface area (Å²) in [5.74, 6) is -1.04. The van der Waals surface area contributed by atoms with Gasteiger partial charge in [-0.2, -0.15) is 0 Å². The SMILES string of the molecule is CC(=O)N1CCCNC(=O)[C@@H](Cc2c[nH]c3ccccc23)NC(=O)[C@H](C)NC(=O)CCC1. The van der Waals surface area contributed by atoms with Crippen LogP contribution in [0.5, 0.6) is 0 Å². The van der Waals surface area contributed by atoms with Gasteiger partial charge in [0.1, 0.15) is 12.1 Å². The van der Waals surface area contributed by atoms with Gasteiger partial charge in [-0.1, -0.05) is 18.2 Å². The number of fused-ring (bicyclic) bond motifs is 1. The van der Waals surface area contributed by atoms with Gasteiger partial charge in [0.05, 0.1) is 0 Å². The van der Waals surface area contributed by atoms with E-state index in [0.29, 0.717) is 38.9 Å². The second-order valence-electron chi connectivity index (χ2n) is 8.17. The third-order valence-corrected chi connectivity index (χ3v) is 5.68. The number of rotatable bonds is 2. The van der Waals surface area contributed by atoms with Crippen molar-refractivity contribution in [2.24, 2.45) is 0 Å². The lowest BCUT2D eigenvalue weighted by Gasteiger charge is -2.22. The van der Waals surface area contributed by atoms with Crippen molar-refractivity contribution < 1.29 is 19.2 Å². The Bertz CT molecular complexity index is 986. The molecule has 0 saturated carbocycles. The van der Waals surface area contributed by atoms with Crippen LogP contribution in [0.1, 0.15) is 38.7 Å². The van der Waals surface area contributed by atoms with Crippen molar-refractivity contribution in [3.63, 3.8) is 0 Å². The third kappa shape index (κ3) is 6.09. The van der Waals surface area contributed by atoms with Gasteiger partial charge in [0, 0.05) is 56.5 Å². The monoisotopic (exact) mass is 441 g/mol. The summed E-state index contributed by atoms with van der Waals surface area (Å²) >= 11 is 0. The van der Waals surface area contributed by atoms with Gasteiger partial charge < -0.3 is 25.8 Å². The fourth-order valence-electron chi connectivity index (χ4n) is 3.87. The number of H-pyrrole nitrogens is 1. The van der Waals surface area contributed by atoms with Crippen molar-refractivity contribution in [2.45, 2.75) is 51.6 Å². The molecule has 32 heavy (non-hydrogen) atoms. The molecule has 0 spiro atoms. The van der Waals surface area contributed by atoms with E-state index < -0.39 is 18.0 Å². The van der Waals surface area contributed by atoms with E-state index in [2.05, 4.69) is 20.9 Å². The predicted octanol–water partition coefficient (Wildman–Crippen LogP) is 0.849. The second-order valence-corrected chi connectivity index (χ2v) is 8.17. The highest BCUT2D eigenvalue weighted by atomic mass is 16.2. The molecule has 172 valence electrons. The van der Waals surface area contributed by atoms with Crippen LogP contribution in [0.3, 0.4) is 0 Å². The van der Waals surface area contributed by atoms with Crippen molar-refractivity contribution in [2.75, 3.05) is 19.6 Å². The molecule has 4 amide bonds. The van der Waals surface area contributed by atoms with E-state index in [1.54, 1.807) is 11.8 Å². The van der Waals surface area contributed by atoms with Gasteiger partial charge in [-0.15, -0.1) is 0 Å². The molecule has 9 heteroatoms. The number of carbonyl (C=O) groups is 4. The zero-order chi connectivity index (χ0) is 23.1. The van der Waals surface area contributed by atoms with Crippen molar-refractivity contribution in [3.05, 3.63) is 36.0 Å². The zero-order valence-electron chi connectivity index (χ0n) is 18.6. The Labute approximate surface area is 187 Å². The lowest BCUT2D eigenvalue weighted by Crippen LogP contribution is -2.53. The number of aromatic nitrogens is 1. The van der Waals surface area contributed by atoms with E-state index >= 15 is 0 Å².